The minimum absolute atomic E-state index is 0.00232. The van der Waals surface area contributed by atoms with E-state index in [2.05, 4.69) is 10.6 Å². The van der Waals surface area contributed by atoms with E-state index in [0.717, 1.165) is 11.8 Å². The molecule has 1 unspecified atom stereocenters. The number of carbonyl (C=O) groups excluding carboxylic acids is 4. The smallest absolute Gasteiger partial charge is 0.290 e. The van der Waals surface area contributed by atoms with Crippen LogP contribution >= 0.6 is 11.8 Å². The number of hydrogen-bond donors (Lipinski definition) is 2. The highest BCUT2D eigenvalue weighted by Gasteiger charge is 2.50. The second-order valence-electron chi connectivity index (χ2n) is 7.27. The van der Waals surface area contributed by atoms with Crippen molar-refractivity contribution in [2.24, 2.45) is 5.41 Å². The van der Waals surface area contributed by atoms with Gasteiger partial charge in [-0.2, -0.15) is 0 Å². The zero-order valence-corrected chi connectivity index (χ0v) is 17.9. The van der Waals surface area contributed by atoms with E-state index < -0.39 is 23.4 Å². The van der Waals surface area contributed by atoms with Crippen LogP contribution in [0.25, 0.3) is 0 Å². The van der Waals surface area contributed by atoms with Crippen LogP contribution in [0.4, 0.5) is 0 Å². The summed E-state index contributed by atoms with van der Waals surface area (Å²) in [5.74, 6) is -1.90. The molecule has 10 heteroatoms. The lowest BCUT2D eigenvalue weighted by molar-refractivity contribution is -0.421. The Morgan fingerprint density at radius 3 is 2.39 bits per heavy atom. The predicted molar refractivity (Wildman–Crippen MR) is 103 cm³/mol. The Morgan fingerprint density at radius 1 is 1.14 bits per heavy atom. The van der Waals surface area contributed by atoms with Crippen LogP contribution in [0.3, 0.4) is 0 Å². The molecule has 0 aromatic rings. The Kier molecular flexibility index (Phi) is 9.55. The fraction of sp³-hybridized carbons (Fsp3) is 0.778. The number of Topliss-reactive ketones (excluding diaryl/α,β-unsaturated/α-hetero) is 1. The van der Waals surface area contributed by atoms with Crippen LogP contribution < -0.4 is 10.6 Å². The van der Waals surface area contributed by atoms with Crippen LogP contribution in [0.15, 0.2) is 0 Å². The number of ether oxygens (including phenoxy) is 3. The van der Waals surface area contributed by atoms with E-state index in [-0.39, 0.29) is 42.8 Å². The van der Waals surface area contributed by atoms with Gasteiger partial charge >= 0.3 is 0 Å². The van der Waals surface area contributed by atoms with Gasteiger partial charge in [0, 0.05) is 44.7 Å². The van der Waals surface area contributed by atoms with E-state index in [0.29, 0.717) is 12.3 Å². The number of carbonyl (C=O) groups is 4. The van der Waals surface area contributed by atoms with Crippen molar-refractivity contribution in [1.82, 2.24) is 10.6 Å². The number of methoxy groups -OCH3 is 1. The maximum atomic E-state index is 12.6. The Balaban J connectivity index is 2.52. The van der Waals surface area contributed by atoms with Crippen molar-refractivity contribution in [3.63, 3.8) is 0 Å². The van der Waals surface area contributed by atoms with Gasteiger partial charge < -0.3 is 24.8 Å². The molecule has 0 saturated carbocycles. The van der Waals surface area contributed by atoms with Crippen molar-refractivity contribution in [3.05, 3.63) is 0 Å². The minimum Gasteiger partial charge on any atom is -0.355 e. The zero-order valence-electron chi connectivity index (χ0n) is 17.1. The molecule has 0 aromatic heterocycles. The van der Waals surface area contributed by atoms with Crippen molar-refractivity contribution in [1.29, 1.82) is 0 Å². The van der Waals surface area contributed by atoms with Crippen LogP contribution in [-0.2, 0) is 33.4 Å². The molecule has 2 amide bonds. The highest BCUT2D eigenvalue weighted by atomic mass is 32.2. The maximum absolute atomic E-state index is 12.6. The molecule has 2 atom stereocenters. The summed E-state index contributed by atoms with van der Waals surface area (Å²) >= 11 is 1.14. The summed E-state index contributed by atoms with van der Waals surface area (Å²) in [6.45, 7) is 7.16. The summed E-state index contributed by atoms with van der Waals surface area (Å²) < 4.78 is 16.6. The third kappa shape index (κ3) is 7.86. The molecule has 1 heterocycles. The molecular weight excluding hydrogens is 388 g/mol. The molecule has 2 N–H and O–H groups in total. The fourth-order valence-electron chi connectivity index (χ4n) is 2.60. The predicted octanol–water partition coefficient (Wildman–Crippen LogP) is 0.610. The Hall–Kier alpha value is -1.49. The first-order chi connectivity index (χ1) is 13.0. The minimum atomic E-state index is -1.59. The number of rotatable bonds is 10. The first-order valence-electron chi connectivity index (χ1n) is 9.05. The summed E-state index contributed by atoms with van der Waals surface area (Å²) in [6.07, 6.45) is -0.942. The molecule has 160 valence electrons. The SMILES string of the molecule is COC1(CC(C)=O)OCC(C)(C)[C@H](C(=O)NCCC(=O)NCCSC(C)=O)O1. The Labute approximate surface area is 169 Å². The van der Waals surface area contributed by atoms with Crippen molar-refractivity contribution in [2.75, 3.05) is 32.6 Å². The van der Waals surface area contributed by atoms with Gasteiger partial charge in [0.25, 0.3) is 5.97 Å². The Morgan fingerprint density at radius 2 is 1.82 bits per heavy atom. The summed E-state index contributed by atoms with van der Waals surface area (Å²) in [6, 6.07) is 0. The van der Waals surface area contributed by atoms with Gasteiger partial charge in [0.05, 0.1) is 13.0 Å². The van der Waals surface area contributed by atoms with Gasteiger partial charge in [-0.1, -0.05) is 25.6 Å². The molecule has 1 aliphatic heterocycles. The van der Waals surface area contributed by atoms with E-state index in [4.69, 9.17) is 14.2 Å². The average molecular weight is 419 g/mol. The third-order valence-electron chi connectivity index (χ3n) is 4.07. The quantitative estimate of drug-likeness (QED) is 0.495. The van der Waals surface area contributed by atoms with Crippen LogP contribution in [0.2, 0.25) is 0 Å². The standard InChI is InChI=1S/C18H30N2O7S/c1-12(21)10-18(25-5)26-11-17(3,4)15(27-18)16(24)20-7-6-14(23)19-8-9-28-13(2)22/h15H,6-11H2,1-5H3,(H,19,23)(H,20,24)/t15-,18?/m0/s1. The molecule has 0 radical (unpaired) electrons. The first kappa shape index (κ1) is 24.5. The van der Waals surface area contributed by atoms with Gasteiger partial charge in [-0.3, -0.25) is 19.2 Å². The molecule has 1 aliphatic rings. The molecule has 1 saturated heterocycles. The van der Waals surface area contributed by atoms with Crippen LogP contribution in [0.1, 0.15) is 40.5 Å². The molecular formula is C18H30N2O7S. The number of amides is 2. The third-order valence-corrected chi connectivity index (χ3v) is 4.88. The summed E-state index contributed by atoms with van der Waals surface area (Å²) in [5, 5.41) is 5.36. The molecule has 0 bridgehead atoms. The van der Waals surface area contributed by atoms with E-state index >= 15 is 0 Å². The second-order valence-corrected chi connectivity index (χ2v) is 8.54. The van der Waals surface area contributed by atoms with Crippen LogP contribution in [0, 0.1) is 5.41 Å². The fourth-order valence-corrected chi connectivity index (χ4v) is 3.09. The molecule has 0 aromatic carbocycles. The van der Waals surface area contributed by atoms with Gasteiger partial charge in [-0.05, 0) is 6.92 Å². The highest BCUT2D eigenvalue weighted by Crippen LogP contribution is 2.37. The van der Waals surface area contributed by atoms with Gasteiger partial charge in [-0.15, -0.1) is 0 Å². The summed E-state index contributed by atoms with van der Waals surface area (Å²) in [5.41, 5.74) is -0.644. The van der Waals surface area contributed by atoms with E-state index in [1.807, 2.05) is 13.8 Å². The molecule has 0 spiro atoms. The number of hydrogen-bond acceptors (Lipinski definition) is 8. The monoisotopic (exact) mass is 418 g/mol. The molecule has 1 rings (SSSR count). The van der Waals surface area contributed by atoms with Crippen LogP contribution in [-0.4, -0.2) is 67.3 Å². The Bertz CT molecular complexity index is 596. The van der Waals surface area contributed by atoms with E-state index in [1.165, 1.54) is 21.0 Å². The lowest BCUT2D eigenvalue weighted by atomic mass is 9.85. The van der Waals surface area contributed by atoms with Gasteiger partial charge in [0.15, 0.2) is 5.12 Å². The molecule has 1 fully saturated rings. The van der Waals surface area contributed by atoms with Gasteiger partial charge in [0.1, 0.15) is 11.9 Å². The number of ketones is 1. The lowest BCUT2D eigenvalue weighted by Crippen LogP contribution is -2.59. The van der Waals surface area contributed by atoms with E-state index in [9.17, 15) is 19.2 Å². The highest BCUT2D eigenvalue weighted by molar-refractivity contribution is 8.13. The average Bonchev–Trinajstić information content (AvgIpc) is 2.59. The number of nitrogens with one attached hydrogen (secondary N) is 2. The maximum Gasteiger partial charge on any atom is 0.290 e. The summed E-state index contributed by atoms with van der Waals surface area (Å²) in [4.78, 5) is 46.7. The van der Waals surface area contributed by atoms with Crippen molar-refractivity contribution >= 4 is 34.5 Å². The molecule has 28 heavy (non-hydrogen) atoms. The molecule has 0 aliphatic carbocycles. The largest absolute Gasteiger partial charge is 0.355 e. The van der Waals surface area contributed by atoms with Crippen molar-refractivity contribution in [3.8, 4) is 0 Å². The zero-order chi connectivity index (χ0) is 21.4. The van der Waals surface area contributed by atoms with Crippen molar-refractivity contribution in [2.45, 2.75) is 52.6 Å². The second kappa shape index (κ2) is 10.9. The van der Waals surface area contributed by atoms with E-state index in [1.54, 1.807) is 0 Å². The normalized spacial score (nSPS) is 23.7. The number of thioether (sulfide) groups is 1. The molecule has 9 nitrogen and oxygen atoms in total. The lowest BCUT2D eigenvalue weighted by Gasteiger charge is -2.46. The first-order valence-corrected chi connectivity index (χ1v) is 10.0. The topological polar surface area (TPSA) is 120 Å². The van der Waals surface area contributed by atoms with Crippen LogP contribution in [0.5, 0.6) is 0 Å². The summed E-state index contributed by atoms with van der Waals surface area (Å²) in [7, 11) is 1.35. The van der Waals surface area contributed by atoms with Gasteiger partial charge in [-0.25, -0.2) is 0 Å². The van der Waals surface area contributed by atoms with Crippen molar-refractivity contribution < 1.29 is 33.4 Å². The van der Waals surface area contributed by atoms with Gasteiger partial charge in [0.2, 0.25) is 11.8 Å².